The highest BCUT2D eigenvalue weighted by Gasteiger charge is 2.24. The molecular formula is C38H37N3O. The van der Waals surface area contributed by atoms with Crippen LogP contribution in [0.3, 0.4) is 0 Å². The average Bonchev–Trinajstić information content (AvgIpc) is 3.36. The normalized spacial score (nSPS) is 12.1. The van der Waals surface area contributed by atoms with E-state index in [9.17, 15) is 5.11 Å². The Balaban J connectivity index is 1.65. The van der Waals surface area contributed by atoms with Gasteiger partial charge in [0.2, 0.25) is 0 Å². The molecule has 0 unspecified atom stereocenters. The van der Waals surface area contributed by atoms with Gasteiger partial charge in [-0.25, -0.2) is 4.98 Å². The Labute approximate surface area is 248 Å². The van der Waals surface area contributed by atoms with Gasteiger partial charge >= 0.3 is 0 Å². The Morgan fingerprint density at radius 2 is 1.31 bits per heavy atom. The molecule has 0 aliphatic rings. The Kier molecular flexibility index (Phi) is 6.73. The Hall–Kier alpha value is -4.70. The maximum absolute atomic E-state index is 10.9. The molecule has 42 heavy (non-hydrogen) atoms. The van der Waals surface area contributed by atoms with E-state index in [0.717, 1.165) is 39.1 Å². The van der Waals surface area contributed by atoms with Gasteiger partial charge < -0.3 is 5.11 Å². The Bertz CT molecular complexity index is 1900. The fourth-order valence-electron chi connectivity index (χ4n) is 5.41. The van der Waals surface area contributed by atoms with Gasteiger partial charge in [0.05, 0.1) is 22.3 Å². The molecule has 210 valence electrons. The zero-order valence-electron chi connectivity index (χ0n) is 25.2. The first-order valence-electron chi connectivity index (χ1n) is 14.5. The van der Waals surface area contributed by atoms with Crippen molar-refractivity contribution < 1.29 is 5.11 Å². The van der Waals surface area contributed by atoms with Crippen molar-refractivity contribution in [1.82, 2.24) is 14.5 Å². The largest absolute Gasteiger partial charge is 0.507 e. The lowest BCUT2D eigenvalue weighted by molar-refractivity contribution is 0.477. The summed E-state index contributed by atoms with van der Waals surface area (Å²) in [5, 5.41) is 10.9. The number of phenolic OH excluding ortho intramolecular Hbond substituents is 1. The second-order valence-electron chi connectivity index (χ2n) is 13.0. The molecule has 0 aliphatic heterocycles. The molecule has 0 aliphatic carbocycles. The summed E-state index contributed by atoms with van der Waals surface area (Å²) in [7, 11) is 0. The number of rotatable bonds is 4. The van der Waals surface area contributed by atoms with Gasteiger partial charge in [-0.15, -0.1) is 0 Å². The first-order chi connectivity index (χ1) is 20.0. The fourth-order valence-corrected chi connectivity index (χ4v) is 5.41. The zero-order valence-corrected chi connectivity index (χ0v) is 25.2. The van der Waals surface area contributed by atoms with Crippen LogP contribution < -0.4 is 0 Å². The highest BCUT2D eigenvalue weighted by Crippen LogP contribution is 2.40. The molecular weight excluding hydrogens is 514 g/mol. The molecule has 0 bridgehead atoms. The minimum Gasteiger partial charge on any atom is -0.507 e. The lowest BCUT2D eigenvalue weighted by Gasteiger charge is -2.21. The van der Waals surface area contributed by atoms with Crippen LogP contribution in [-0.2, 0) is 10.8 Å². The van der Waals surface area contributed by atoms with Crippen molar-refractivity contribution in [3.05, 3.63) is 120 Å². The van der Waals surface area contributed by atoms with Gasteiger partial charge in [0.15, 0.2) is 0 Å². The highest BCUT2D eigenvalue weighted by atomic mass is 16.3. The van der Waals surface area contributed by atoms with Crippen LogP contribution in [0.15, 0.2) is 109 Å². The summed E-state index contributed by atoms with van der Waals surface area (Å²) in [5.41, 5.74) is 10.1. The van der Waals surface area contributed by atoms with E-state index in [2.05, 4.69) is 107 Å². The summed E-state index contributed by atoms with van der Waals surface area (Å²) < 4.78 is 2.17. The predicted octanol–water partition coefficient (Wildman–Crippen LogP) is 9.72. The van der Waals surface area contributed by atoms with Crippen molar-refractivity contribution in [2.75, 3.05) is 0 Å². The molecule has 0 spiro atoms. The molecule has 0 saturated carbocycles. The summed E-state index contributed by atoms with van der Waals surface area (Å²) >= 11 is 0. The maximum Gasteiger partial charge on any atom is 0.149 e. The minimum atomic E-state index is -0.0933. The molecule has 0 amide bonds. The lowest BCUT2D eigenvalue weighted by atomic mass is 9.84. The number of fused-ring (bicyclic) bond motifs is 1. The standard InChI is InChI=1S/C38H37N3O/c1-37(2,3)27-19-20-39-32(23-27)26-14-12-13-25(21-26)31-22-28(38(4,5)6)24-33-35(31)40-36(30-17-10-11-18-34(30)42)41(33)29-15-8-7-9-16-29/h7-24,42H,1-6H3. The Morgan fingerprint density at radius 3 is 2.02 bits per heavy atom. The molecule has 0 atom stereocenters. The van der Waals surface area contributed by atoms with E-state index < -0.39 is 0 Å². The van der Waals surface area contributed by atoms with Gasteiger partial charge in [-0.05, 0) is 82.1 Å². The van der Waals surface area contributed by atoms with Crippen LogP contribution in [0.5, 0.6) is 5.75 Å². The molecule has 2 heterocycles. The SMILES string of the molecule is CC(C)(C)c1ccnc(-c2cccc(-c3cc(C(C)(C)C)cc4c3nc(-c3ccccc3O)n4-c3ccccc3)c2)c1. The van der Waals surface area contributed by atoms with E-state index >= 15 is 0 Å². The van der Waals surface area contributed by atoms with Crippen LogP contribution in [0, 0.1) is 0 Å². The highest BCUT2D eigenvalue weighted by molar-refractivity contribution is 5.97. The van der Waals surface area contributed by atoms with Crippen molar-refractivity contribution in [1.29, 1.82) is 0 Å². The smallest absolute Gasteiger partial charge is 0.149 e. The molecule has 2 aromatic heterocycles. The molecule has 0 radical (unpaired) electrons. The van der Waals surface area contributed by atoms with Gasteiger partial charge in [-0.1, -0.05) is 90.1 Å². The van der Waals surface area contributed by atoms with Crippen molar-refractivity contribution in [2.45, 2.75) is 52.4 Å². The van der Waals surface area contributed by atoms with Gasteiger partial charge in [0.1, 0.15) is 11.6 Å². The predicted molar refractivity (Wildman–Crippen MR) is 174 cm³/mol. The molecule has 4 heteroatoms. The quantitative estimate of drug-likeness (QED) is 0.237. The van der Waals surface area contributed by atoms with Gasteiger partial charge in [0.25, 0.3) is 0 Å². The van der Waals surface area contributed by atoms with E-state index in [-0.39, 0.29) is 16.6 Å². The third-order valence-electron chi connectivity index (χ3n) is 7.88. The molecule has 0 fully saturated rings. The lowest BCUT2D eigenvalue weighted by Crippen LogP contribution is -2.11. The number of pyridine rings is 1. The number of benzene rings is 4. The van der Waals surface area contributed by atoms with E-state index in [0.29, 0.717) is 11.4 Å². The van der Waals surface area contributed by atoms with Crippen LogP contribution in [0.4, 0.5) is 0 Å². The summed E-state index contributed by atoms with van der Waals surface area (Å²) in [6.07, 6.45) is 1.90. The third-order valence-corrected chi connectivity index (χ3v) is 7.88. The average molecular weight is 552 g/mol. The van der Waals surface area contributed by atoms with Crippen LogP contribution in [0.1, 0.15) is 52.7 Å². The maximum atomic E-state index is 10.9. The molecule has 6 rings (SSSR count). The summed E-state index contributed by atoms with van der Waals surface area (Å²) in [5.74, 6) is 0.909. The molecule has 6 aromatic rings. The fraction of sp³-hybridized carbons (Fsp3) is 0.211. The van der Waals surface area contributed by atoms with Crippen LogP contribution in [0.2, 0.25) is 0 Å². The number of hydrogen-bond acceptors (Lipinski definition) is 3. The monoisotopic (exact) mass is 551 g/mol. The molecule has 0 saturated heterocycles. The summed E-state index contributed by atoms with van der Waals surface area (Å²) in [6.45, 7) is 13.4. The molecule has 1 N–H and O–H groups in total. The number of para-hydroxylation sites is 2. The topological polar surface area (TPSA) is 50.9 Å². The van der Waals surface area contributed by atoms with Crippen molar-refractivity contribution in [3.63, 3.8) is 0 Å². The van der Waals surface area contributed by atoms with Gasteiger partial charge in [-0.3, -0.25) is 9.55 Å². The van der Waals surface area contributed by atoms with Crippen molar-refractivity contribution >= 4 is 11.0 Å². The number of nitrogens with zero attached hydrogens (tertiary/aromatic N) is 3. The molecule has 4 nitrogen and oxygen atoms in total. The summed E-state index contributed by atoms with van der Waals surface area (Å²) in [6, 6.07) is 35.1. The molecule has 4 aromatic carbocycles. The van der Waals surface area contributed by atoms with Gasteiger partial charge in [-0.2, -0.15) is 0 Å². The van der Waals surface area contributed by atoms with E-state index in [1.165, 1.54) is 11.1 Å². The van der Waals surface area contributed by atoms with Crippen LogP contribution in [-0.4, -0.2) is 19.6 Å². The van der Waals surface area contributed by atoms with Crippen molar-refractivity contribution in [3.8, 4) is 45.2 Å². The van der Waals surface area contributed by atoms with E-state index in [4.69, 9.17) is 9.97 Å². The third kappa shape index (κ3) is 5.09. The minimum absolute atomic E-state index is 0.0339. The first-order valence-corrected chi connectivity index (χ1v) is 14.5. The first kappa shape index (κ1) is 27.5. The second kappa shape index (κ2) is 10.3. The number of imidazole rings is 1. The zero-order chi connectivity index (χ0) is 29.6. The second-order valence-corrected chi connectivity index (χ2v) is 13.0. The van der Waals surface area contributed by atoms with Crippen LogP contribution >= 0.6 is 0 Å². The van der Waals surface area contributed by atoms with Crippen LogP contribution in [0.25, 0.3) is 50.5 Å². The van der Waals surface area contributed by atoms with Crippen molar-refractivity contribution in [2.24, 2.45) is 0 Å². The summed E-state index contributed by atoms with van der Waals surface area (Å²) in [4.78, 5) is 9.99. The number of aromatic nitrogens is 3. The van der Waals surface area contributed by atoms with E-state index in [1.54, 1.807) is 6.07 Å². The van der Waals surface area contributed by atoms with E-state index in [1.807, 2.05) is 42.6 Å². The number of phenols is 1. The number of hydrogen-bond donors (Lipinski definition) is 1. The Morgan fingerprint density at radius 1 is 0.619 bits per heavy atom. The number of aromatic hydroxyl groups is 1. The van der Waals surface area contributed by atoms with Gasteiger partial charge in [0, 0.05) is 23.0 Å².